The Balaban J connectivity index is 0.000000207. The van der Waals surface area contributed by atoms with Crippen LogP contribution in [0.1, 0.15) is 36.0 Å². The number of aromatic nitrogens is 1. The van der Waals surface area contributed by atoms with E-state index >= 15 is 0 Å². The third-order valence-corrected chi connectivity index (χ3v) is 5.39. The molecule has 32 heavy (non-hydrogen) atoms. The Bertz CT molecular complexity index is 1070. The number of pyridine rings is 1. The molecule has 4 rings (SSSR count). The molecule has 0 spiro atoms. The van der Waals surface area contributed by atoms with Gasteiger partial charge in [-0.3, -0.25) is 4.98 Å². The summed E-state index contributed by atoms with van der Waals surface area (Å²) in [6.45, 7) is 0.569. The van der Waals surface area contributed by atoms with Crippen molar-refractivity contribution in [3.63, 3.8) is 0 Å². The molecule has 1 saturated carbocycles. The molecule has 3 aromatic rings. The SMILES string of the molecule is OCCc1cc(F)c(CNC2CCC2)c2ccncc12.Oc1ccc(F)c(C(F)(F)F)c1. The van der Waals surface area contributed by atoms with Gasteiger partial charge in [0.05, 0.1) is 5.56 Å². The first-order valence-corrected chi connectivity index (χ1v) is 10.1. The number of aliphatic hydroxyl groups is 1. The van der Waals surface area contributed by atoms with Crippen LogP contribution in [0.3, 0.4) is 0 Å². The molecule has 0 aliphatic heterocycles. The number of halogens is 5. The summed E-state index contributed by atoms with van der Waals surface area (Å²) in [6.07, 6.45) is 2.77. The van der Waals surface area contributed by atoms with Gasteiger partial charge in [0.2, 0.25) is 0 Å². The van der Waals surface area contributed by atoms with Gasteiger partial charge in [0.25, 0.3) is 0 Å². The maximum Gasteiger partial charge on any atom is 0.419 e. The molecule has 1 fully saturated rings. The quantitative estimate of drug-likeness (QED) is 0.470. The second kappa shape index (κ2) is 10.2. The minimum Gasteiger partial charge on any atom is -0.508 e. The van der Waals surface area contributed by atoms with Crippen LogP contribution in [0, 0.1) is 11.6 Å². The fourth-order valence-corrected chi connectivity index (χ4v) is 3.46. The second-order valence-corrected chi connectivity index (χ2v) is 7.56. The number of rotatable bonds is 5. The van der Waals surface area contributed by atoms with Crippen LogP contribution >= 0.6 is 0 Å². The van der Waals surface area contributed by atoms with Gasteiger partial charge in [-0.2, -0.15) is 13.2 Å². The van der Waals surface area contributed by atoms with Crippen LogP contribution in [0.25, 0.3) is 10.8 Å². The lowest BCUT2D eigenvalue weighted by molar-refractivity contribution is -0.140. The van der Waals surface area contributed by atoms with Crippen LogP contribution in [-0.2, 0) is 19.1 Å². The minimum absolute atomic E-state index is 0.0170. The third-order valence-electron chi connectivity index (χ3n) is 5.39. The van der Waals surface area contributed by atoms with E-state index in [4.69, 9.17) is 10.2 Å². The van der Waals surface area contributed by atoms with Crippen LogP contribution in [0.5, 0.6) is 5.75 Å². The van der Waals surface area contributed by atoms with E-state index in [-0.39, 0.29) is 12.4 Å². The van der Waals surface area contributed by atoms with Gasteiger partial charge in [-0.25, -0.2) is 8.78 Å². The Hall–Kier alpha value is -2.78. The fourth-order valence-electron chi connectivity index (χ4n) is 3.46. The minimum atomic E-state index is -4.76. The summed E-state index contributed by atoms with van der Waals surface area (Å²) in [5.74, 6) is -2.19. The van der Waals surface area contributed by atoms with Crippen molar-refractivity contribution in [1.82, 2.24) is 10.3 Å². The number of hydrogen-bond acceptors (Lipinski definition) is 4. The summed E-state index contributed by atoms with van der Waals surface area (Å²) in [4.78, 5) is 4.12. The first-order chi connectivity index (χ1) is 15.2. The van der Waals surface area contributed by atoms with E-state index in [0.717, 1.165) is 22.4 Å². The van der Waals surface area contributed by atoms with Crippen molar-refractivity contribution in [2.75, 3.05) is 6.61 Å². The van der Waals surface area contributed by atoms with Crippen molar-refractivity contribution in [3.05, 3.63) is 71.1 Å². The van der Waals surface area contributed by atoms with Crippen LogP contribution in [0.4, 0.5) is 22.0 Å². The predicted octanol–water partition coefficient (Wildman–Crippen LogP) is 5.10. The normalized spacial score (nSPS) is 14.1. The monoisotopic (exact) mass is 454 g/mol. The molecule has 3 N–H and O–H groups in total. The average molecular weight is 454 g/mol. The van der Waals surface area contributed by atoms with Gasteiger partial charge in [-0.05, 0) is 60.5 Å². The predicted molar refractivity (Wildman–Crippen MR) is 110 cm³/mol. The number of aromatic hydroxyl groups is 1. The Kier molecular flexibility index (Phi) is 7.63. The van der Waals surface area contributed by atoms with E-state index < -0.39 is 23.3 Å². The first-order valence-electron chi connectivity index (χ1n) is 10.1. The van der Waals surface area contributed by atoms with E-state index in [1.165, 1.54) is 25.3 Å². The largest absolute Gasteiger partial charge is 0.508 e. The van der Waals surface area contributed by atoms with Gasteiger partial charge in [0, 0.05) is 42.5 Å². The summed E-state index contributed by atoms with van der Waals surface area (Å²) in [5, 5.41) is 23.0. The average Bonchev–Trinajstić information content (AvgIpc) is 2.70. The van der Waals surface area contributed by atoms with Crippen molar-refractivity contribution in [3.8, 4) is 5.75 Å². The smallest absolute Gasteiger partial charge is 0.419 e. The highest BCUT2D eigenvalue weighted by Gasteiger charge is 2.34. The van der Waals surface area contributed by atoms with Gasteiger partial charge in [-0.1, -0.05) is 6.42 Å². The molecule has 0 unspecified atom stereocenters. The number of alkyl halides is 3. The van der Waals surface area contributed by atoms with Crippen LogP contribution in [0.15, 0.2) is 42.7 Å². The van der Waals surface area contributed by atoms with Gasteiger partial charge in [-0.15, -0.1) is 0 Å². The molecule has 1 aliphatic rings. The number of hydrogen-bond donors (Lipinski definition) is 3. The van der Waals surface area contributed by atoms with Crippen LogP contribution in [0.2, 0.25) is 0 Å². The molecule has 0 radical (unpaired) electrons. The molecule has 1 aliphatic carbocycles. The van der Waals surface area contributed by atoms with Crippen molar-refractivity contribution in [2.24, 2.45) is 0 Å². The number of fused-ring (bicyclic) bond motifs is 1. The molecule has 0 saturated heterocycles. The van der Waals surface area contributed by atoms with Gasteiger partial charge >= 0.3 is 6.18 Å². The standard InChI is InChI=1S/C16H19FN2O.C7H4F4O/c17-16-8-11(5-7-20)14-9-18-6-4-13(14)15(16)10-19-12-2-1-3-12;8-6-2-1-4(12)3-5(6)7(9,10)11/h4,6,8-9,12,19-20H,1-3,5,7,10H2;1-3,12H. The second-order valence-electron chi connectivity index (χ2n) is 7.56. The summed E-state index contributed by atoms with van der Waals surface area (Å²) >= 11 is 0. The molecule has 1 heterocycles. The molecule has 0 atom stereocenters. The zero-order chi connectivity index (χ0) is 23.3. The zero-order valence-corrected chi connectivity index (χ0v) is 17.1. The molecule has 9 heteroatoms. The highest BCUT2D eigenvalue weighted by Crippen LogP contribution is 2.33. The highest BCUT2D eigenvalue weighted by atomic mass is 19.4. The lowest BCUT2D eigenvalue weighted by Gasteiger charge is -2.27. The number of phenols is 1. The van der Waals surface area contributed by atoms with E-state index in [2.05, 4.69) is 10.3 Å². The fraction of sp³-hybridized carbons (Fsp3) is 0.348. The summed E-state index contributed by atoms with van der Waals surface area (Å²) < 4.78 is 62.4. The van der Waals surface area contributed by atoms with Crippen LogP contribution < -0.4 is 5.32 Å². The lowest BCUT2D eigenvalue weighted by Crippen LogP contribution is -2.34. The van der Waals surface area contributed by atoms with Gasteiger partial charge in [0.15, 0.2) is 0 Å². The molecular weight excluding hydrogens is 431 g/mol. The van der Waals surface area contributed by atoms with Crippen molar-refractivity contribution in [1.29, 1.82) is 0 Å². The molecule has 2 aromatic carbocycles. The number of nitrogens with one attached hydrogen (secondary N) is 1. The van der Waals surface area contributed by atoms with Crippen molar-refractivity contribution < 1.29 is 32.2 Å². The van der Waals surface area contributed by atoms with E-state index in [9.17, 15) is 22.0 Å². The molecule has 4 nitrogen and oxygen atoms in total. The summed E-state index contributed by atoms with van der Waals surface area (Å²) in [7, 11) is 0. The Labute approximate surface area is 181 Å². The van der Waals surface area contributed by atoms with E-state index in [1.807, 2.05) is 6.07 Å². The maximum atomic E-state index is 14.3. The molecule has 1 aromatic heterocycles. The van der Waals surface area contributed by atoms with Gasteiger partial charge < -0.3 is 15.5 Å². The zero-order valence-electron chi connectivity index (χ0n) is 17.1. The van der Waals surface area contributed by atoms with Crippen LogP contribution in [-0.4, -0.2) is 27.8 Å². The third kappa shape index (κ3) is 5.72. The summed E-state index contributed by atoms with van der Waals surface area (Å²) in [5.41, 5.74) is 0.0685. The Morgan fingerprint density at radius 3 is 2.38 bits per heavy atom. The lowest BCUT2D eigenvalue weighted by atomic mass is 9.92. The molecule has 0 amide bonds. The number of aliphatic hydroxyl groups excluding tert-OH is 1. The van der Waals surface area contributed by atoms with E-state index in [1.54, 1.807) is 12.4 Å². The molecular formula is C23H23F5N2O2. The number of benzene rings is 2. The topological polar surface area (TPSA) is 65.4 Å². The molecule has 172 valence electrons. The summed E-state index contributed by atoms with van der Waals surface area (Å²) in [6, 6.07) is 5.69. The maximum absolute atomic E-state index is 14.3. The highest BCUT2D eigenvalue weighted by molar-refractivity contribution is 5.88. The number of phenolic OH excluding ortho intramolecular Hbond substituents is 1. The first kappa shape index (κ1) is 23.9. The van der Waals surface area contributed by atoms with E-state index in [0.29, 0.717) is 36.7 Å². The van der Waals surface area contributed by atoms with Gasteiger partial charge in [0.1, 0.15) is 17.4 Å². The van der Waals surface area contributed by atoms with Crippen molar-refractivity contribution >= 4 is 10.8 Å². The Morgan fingerprint density at radius 2 is 1.78 bits per heavy atom. The number of nitrogens with zero attached hydrogens (tertiary/aromatic N) is 1. The van der Waals surface area contributed by atoms with Crippen molar-refractivity contribution in [2.45, 2.75) is 44.4 Å². The molecule has 0 bridgehead atoms. The Morgan fingerprint density at radius 1 is 1.03 bits per heavy atom.